The maximum absolute atomic E-state index is 12.7. The number of hydrogen-bond donors (Lipinski definition) is 1. The first-order chi connectivity index (χ1) is 14.7. The minimum Gasteiger partial charge on any atom is -0.356 e. The fourth-order valence-electron chi connectivity index (χ4n) is 4.68. The zero-order chi connectivity index (χ0) is 20.8. The normalized spacial score (nSPS) is 23.6. The molecule has 30 heavy (non-hydrogen) atoms. The van der Waals surface area contributed by atoms with E-state index in [0.29, 0.717) is 18.1 Å². The summed E-state index contributed by atoms with van der Waals surface area (Å²) in [4.78, 5) is 31.1. The van der Waals surface area contributed by atoms with Crippen LogP contribution in [0.2, 0.25) is 0 Å². The van der Waals surface area contributed by atoms with Crippen molar-refractivity contribution >= 4 is 33.4 Å². The lowest BCUT2D eigenvalue weighted by atomic mass is 9.97. The average Bonchev–Trinajstić information content (AvgIpc) is 3.34. The molecule has 1 aromatic heterocycles. The molecule has 4 rings (SSSR count). The number of piperidine rings is 1. The van der Waals surface area contributed by atoms with Crippen LogP contribution < -0.4 is 15.1 Å². The number of aromatic nitrogens is 2. The molecule has 1 N–H and O–H groups in total. The van der Waals surface area contributed by atoms with Crippen molar-refractivity contribution < 1.29 is 9.59 Å². The lowest BCUT2D eigenvalue weighted by Gasteiger charge is -2.31. The topological polar surface area (TPSA) is 81.7 Å². The van der Waals surface area contributed by atoms with E-state index in [4.69, 9.17) is 0 Å². The van der Waals surface area contributed by atoms with Crippen LogP contribution in [0.4, 0.5) is 10.3 Å². The van der Waals surface area contributed by atoms with Gasteiger partial charge in [-0.05, 0) is 58.2 Å². The van der Waals surface area contributed by atoms with Gasteiger partial charge in [-0.1, -0.05) is 24.2 Å². The average molecular weight is 435 g/mol. The maximum Gasteiger partial charge on any atom is 0.228 e. The van der Waals surface area contributed by atoms with Crippen LogP contribution in [0.3, 0.4) is 0 Å². The standard InChI is InChI=1S/C21H34N6O2S/c28-18-9-6-15-27(18)21-24-23-20(30-21)26-14-5-8-17(16-26)19(29)22-10-7-13-25-11-3-1-2-4-12-25/h17H,1-16H2,(H,22,29)/t17-/m1/s1. The molecule has 8 nitrogen and oxygen atoms in total. The summed E-state index contributed by atoms with van der Waals surface area (Å²) in [6.07, 6.45) is 9.73. The molecule has 9 heteroatoms. The summed E-state index contributed by atoms with van der Waals surface area (Å²) in [5.41, 5.74) is 0. The Morgan fingerprint density at radius 3 is 2.57 bits per heavy atom. The Labute approximate surface area is 183 Å². The monoisotopic (exact) mass is 434 g/mol. The number of amides is 2. The Balaban J connectivity index is 1.22. The molecule has 3 aliphatic rings. The third-order valence-corrected chi connectivity index (χ3v) is 7.43. The van der Waals surface area contributed by atoms with Crippen molar-refractivity contribution in [1.82, 2.24) is 20.4 Å². The zero-order valence-electron chi connectivity index (χ0n) is 17.9. The summed E-state index contributed by atoms with van der Waals surface area (Å²) in [6.45, 7) is 6.56. The highest BCUT2D eigenvalue weighted by Gasteiger charge is 2.30. The lowest BCUT2D eigenvalue weighted by molar-refractivity contribution is -0.125. The second-order valence-electron chi connectivity index (χ2n) is 8.70. The van der Waals surface area contributed by atoms with Gasteiger partial charge in [0, 0.05) is 32.6 Å². The molecule has 3 fully saturated rings. The summed E-state index contributed by atoms with van der Waals surface area (Å²) < 4.78 is 0. The highest BCUT2D eigenvalue weighted by molar-refractivity contribution is 7.19. The molecule has 1 aromatic rings. The summed E-state index contributed by atoms with van der Waals surface area (Å²) >= 11 is 1.46. The number of anilines is 2. The number of carbonyl (C=O) groups is 2. The van der Waals surface area contributed by atoms with Gasteiger partial charge in [-0.3, -0.25) is 14.5 Å². The Morgan fingerprint density at radius 1 is 1.00 bits per heavy atom. The molecule has 1 atom stereocenters. The van der Waals surface area contributed by atoms with Crippen LogP contribution in [-0.2, 0) is 9.59 Å². The fraction of sp³-hybridized carbons (Fsp3) is 0.810. The van der Waals surface area contributed by atoms with Gasteiger partial charge in [-0.2, -0.15) is 0 Å². The quantitative estimate of drug-likeness (QED) is 0.663. The highest BCUT2D eigenvalue weighted by Crippen LogP contribution is 2.32. The van der Waals surface area contributed by atoms with Gasteiger partial charge in [0.1, 0.15) is 0 Å². The Bertz CT molecular complexity index is 718. The molecule has 4 heterocycles. The minimum absolute atomic E-state index is 0.00212. The summed E-state index contributed by atoms with van der Waals surface area (Å²) in [5, 5.41) is 13.2. The molecule has 2 amide bonds. The van der Waals surface area contributed by atoms with Crippen LogP contribution >= 0.6 is 11.3 Å². The van der Waals surface area contributed by atoms with Crippen molar-refractivity contribution in [2.45, 2.75) is 57.8 Å². The molecule has 0 bridgehead atoms. The number of rotatable bonds is 7. The number of nitrogens with zero attached hydrogens (tertiary/aromatic N) is 5. The molecule has 0 radical (unpaired) electrons. The SMILES string of the molecule is O=C(NCCCN1CCCCCC1)[C@@H]1CCCN(c2nnc(N3CCCC3=O)s2)C1. The van der Waals surface area contributed by atoms with Gasteiger partial charge in [0.2, 0.25) is 22.1 Å². The molecule has 166 valence electrons. The molecule has 3 aliphatic heterocycles. The largest absolute Gasteiger partial charge is 0.356 e. The van der Waals surface area contributed by atoms with Crippen molar-refractivity contribution in [3.05, 3.63) is 0 Å². The van der Waals surface area contributed by atoms with Crippen LogP contribution in [-0.4, -0.2) is 72.7 Å². The second kappa shape index (κ2) is 10.5. The van der Waals surface area contributed by atoms with Gasteiger partial charge < -0.3 is 15.1 Å². The molecular weight excluding hydrogens is 400 g/mol. The van der Waals surface area contributed by atoms with Crippen molar-refractivity contribution in [1.29, 1.82) is 0 Å². The fourth-order valence-corrected chi connectivity index (χ4v) is 5.60. The van der Waals surface area contributed by atoms with Crippen molar-refractivity contribution in [2.24, 2.45) is 5.92 Å². The molecule has 0 unspecified atom stereocenters. The van der Waals surface area contributed by atoms with E-state index >= 15 is 0 Å². The first kappa shape index (κ1) is 21.5. The van der Waals surface area contributed by atoms with E-state index in [1.807, 2.05) is 0 Å². The van der Waals surface area contributed by atoms with Crippen LogP contribution in [0, 0.1) is 5.92 Å². The van der Waals surface area contributed by atoms with Gasteiger partial charge in [0.15, 0.2) is 0 Å². The van der Waals surface area contributed by atoms with Gasteiger partial charge in [-0.25, -0.2) is 0 Å². The number of carbonyl (C=O) groups excluding carboxylic acids is 2. The predicted molar refractivity (Wildman–Crippen MR) is 119 cm³/mol. The third-order valence-electron chi connectivity index (χ3n) is 6.42. The molecule has 0 aliphatic carbocycles. The Kier molecular flexibility index (Phi) is 7.54. The van der Waals surface area contributed by atoms with Gasteiger partial charge >= 0.3 is 0 Å². The van der Waals surface area contributed by atoms with E-state index in [9.17, 15) is 9.59 Å². The highest BCUT2D eigenvalue weighted by atomic mass is 32.1. The third kappa shape index (κ3) is 5.49. The van der Waals surface area contributed by atoms with E-state index in [1.54, 1.807) is 4.90 Å². The van der Waals surface area contributed by atoms with E-state index in [1.165, 1.54) is 50.1 Å². The van der Waals surface area contributed by atoms with Crippen molar-refractivity contribution in [2.75, 3.05) is 55.6 Å². The zero-order valence-corrected chi connectivity index (χ0v) is 18.7. The molecular formula is C21H34N6O2S. The van der Waals surface area contributed by atoms with Crippen LogP contribution in [0.15, 0.2) is 0 Å². The van der Waals surface area contributed by atoms with Gasteiger partial charge in [-0.15, -0.1) is 10.2 Å². The van der Waals surface area contributed by atoms with Crippen LogP contribution in [0.25, 0.3) is 0 Å². The number of hydrogen-bond acceptors (Lipinski definition) is 7. The number of nitrogens with one attached hydrogen (secondary N) is 1. The van der Waals surface area contributed by atoms with E-state index < -0.39 is 0 Å². The molecule has 0 aromatic carbocycles. The molecule has 0 spiro atoms. The minimum atomic E-state index is -0.00212. The van der Waals surface area contributed by atoms with E-state index in [0.717, 1.165) is 57.0 Å². The van der Waals surface area contributed by atoms with E-state index in [2.05, 4.69) is 25.3 Å². The predicted octanol–water partition coefficient (Wildman–Crippen LogP) is 2.26. The Hall–Kier alpha value is -1.74. The van der Waals surface area contributed by atoms with Gasteiger partial charge in [0.05, 0.1) is 5.92 Å². The maximum atomic E-state index is 12.7. The van der Waals surface area contributed by atoms with Crippen LogP contribution in [0.5, 0.6) is 0 Å². The van der Waals surface area contributed by atoms with Crippen molar-refractivity contribution in [3.8, 4) is 0 Å². The summed E-state index contributed by atoms with van der Waals surface area (Å²) in [6, 6.07) is 0. The first-order valence-corrected chi connectivity index (χ1v) is 12.4. The first-order valence-electron chi connectivity index (χ1n) is 11.6. The second-order valence-corrected chi connectivity index (χ2v) is 9.64. The summed E-state index contributed by atoms with van der Waals surface area (Å²) in [7, 11) is 0. The smallest absolute Gasteiger partial charge is 0.228 e. The number of likely N-dealkylation sites (tertiary alicyclic amines) is 1. The van der Waals surface area contributed by atoms with Gasteiger partial charge in [0.25, 0.3) is 0 Å². The lowest BCUT2D eigenvalue weighted by Crippen LogP contribution is -2.43. The van der Waals surface area contributed by atoms with E-state index in [-0.39, 0.29) is 17.7 Å². The van der Waals surface area contributed by atoms with Crippen molar-refractivity contribution in [3.63, 3.8) is 0 Å². The van der Waals surface area contributed by atoms with Crippen LogP contribution in [0.1, 0.15) is 57.8 Å². The Morgan fingerprint density at radius 2 is 1.80 bits per heavy atom. The molecule has 0 saturated carbocycles. The summed E-state index contributed by atoms with van der Waals surface area (Å²) in [5.74, 6) is 0.293. The molecule has 3 saturated heterocycles.